The standard InChI is InChI=1S/C10H18N2OS/c1-3-5-11-6-7-13-10-12-9(4-2)8-14-10/h8,11H,3-7H2,1-2H3. The Morgan fingerprint density at radius 1 is 1.43 bits per heavy atom. The molecule has 1 aromatic heterocycles. The molecular formula is C10H18N2OS. The van der Waals surface area contributed by atoms with E-state index in [1.54, 1.807) is 11.3 Å². The molecule has 1 N–H and O–H groups in total. The molecule has 1 heterocycles. The summed E-state index contributed by atoms with van der Waals surface area (Å²) in [5, 5.41) is 6.12. The zero-order chi connectivity index (χ0) is 10.2. The summed E-state index contributed by atoms with van der Waals surface area (Å²) in [5.74, 6) is 0. The molecule has 0 fully saturated rings. The van der Waals surface area contributed by atoms with Gasteiger partial charge in [-0.3, -0.25) is 0 Å². The van der Waals surface area contributed by atoms with E-state index in [1.165, 1.54) is 0 Å². The highest BCUT2D eigenvalue weighted by Crippen LogP contribution is 2.17. The molecule has 14 heavy (non-hydrogen) atoms. The quantitative estimate of drug-likeness (QED) is 0.706. The Bertz CT molecular complexity index is 250. The molecule has 0 bridgehead atoms. The van der Waals surface area contributed by atoms with Crippen molar-refractivity contribution in [1.82, 2.24) is 10.3 Å². The Morgan fingerprint density at radius 2 is 2.29 bits per heavy atom. The average molecular weight is 214 g/mol. The SMILES string of the molecule is CCCNCCOc1nc(CC)cs1. The van der Waals surface area contributed by atoms with E-state index in [4.69, 9.17) is 4.74 Å². The number of thiazole rings is 1. The number of aryl methyl sites for hydroxylation is 1. The van der Waals surface area contributed by atoms with Crippen molar-refractivity contribution in [3.8, 4) is 5.19 Å². The van der Waals surface area contributed by atoms with Crippen LogP contribution >= 0.6 is 11.3 Å². The summed E-state index contributed by atoms with van der Waals surface area (Å²) in [4.78, 5) is 4.32. The van der Waals surface area contributed by atoms with Crippen molar-refractivity contribution >= 4 is 11.3 Å². The van der Waals surface area contributed by atoms with E-state index in [0.717, 1.165) is 36.8 Å². The molecule has 0 amide bonds. The predicted molar refractivity (Wildman–Crippen MR) is 60.1 cm³/mol. The largest absolute Gasteiger partial charge is 0.469 e. The molecule has 1 aromatic rings. The second-order valence-electron chi connectivity index (χ2n) is 3.06. The van der Waals surface area contributed by atoms with Crippen LogP contribution in [0.5, 0.6) is 5.19 Å². The van der Waals surface area contributed by atoms with Crippen LogP contribution in [0.1, 0.15) is 26.0 Å². The molecule has 80 valence electrons. The minimum atomic E-state index is 0.705. The van der Waals surface area contributed by atoms with Crippen LogP contribution in [0.4, 0.5) is 0 Å². The van der Waals surface area contributed by atoms with Crippen LogP contribution in [0.25, 0.3) is 0 Å². The summed E-state index contributed by atoms with van der Waals surface area (Å²) in [5.41, 5.74) is 1.12. The Kier molecular flexibility index (Phi) is 5.56. The summed E-state index contributed by atoms with van der Waals surface area (Å²) in [6.07, 6.45) is 2.14. The lowest BCUT2D eigenvalue weighted by Gasteiger charge is -2.02. The van der Waals surface area contributed by atoms with Gasteiger partial charge in [0.1, 0.15) is 6.61 Å². The van der Waals surface area contributed by atoms with Gasteiger partial charge in [-0.25, -0.2) is 4.98 Å². The van der Waals surface area contributed by atoms with E-state index >= 15 is 0 Å². The first-order chi connectivity index (χ1) is 6.86. The number of rotatable bonds is 7. The first-order valence-corrected chi connectivity index (χ1v) is 6.02. The third kappa shape index (κ3) is 4.07. The van der Waals surface area contributed by atoms with Crippen LogP contribution in [-0.4, -0.2) is 24.7 Å². The molecule has 0 aliphatic carbocycles. The fourth-order valence-corrected chi connectivity index (χ4v) is 1.81. The fraction of sp³-hybridized carbons (Fsp3) is 0.700. The lowest BCUT2D eigenvalue weighted by molar-refractivity contribution is 0.312. The Labute approximate surface area is 89.5 Å². The Hall–Kier alpha value is -0.610. The highest BCUT2D eigenvalue weighted by Gasteiger charge is 1.99. The molecule has 0 aliphatic rings. The summed E-state index contributed by atoms with van der Waals surface area (Å²) in [7, 11) is 0. The van der Waals surface area contributed by atoms with Gasteiger partial charge in [-0.2, -0.15) is 0 Å². The van der Waals surface area contributed by atoms with Crippen LogP contribution in [0.3, 0.4) is 0 Å². The number of hydrogen-bond acceptors (Lipinski definition) is 4. The van der Waals surface area contributed by atoms with Crippen molar-refractivity contribution in [2.45, 2.75) is 26.7 Å². The monoisotopic (exact) mass is 214 g/mol. The van der Waals surface area contributed by atoms with Crippen molar-refractivity contribution in [3.63, 3.8) is 0 Å². The van der Waals surface area contributed by atoms with Crippen molar-refractivity contribution < 1.29 is 4.74 Å². The predicted octanol–water partition coefficient (Wildman–Crippen LogP) is 2.08. The number of nitrogens with one attached hydrogen (secondary N) is 1. The smallest absolute Gasteiger partial charge is 0.273 e. The third-order valence-corrected chi connectivity index (χ3v) is 2.62. The molecule has 0 aromatic carbocycles. The zero-order valence-corrected chi connectivity index (χ0v) is 9.69. The van der Waals surface area contributed by atoms with Gasteiger partial charge in [-0.1, -0.05) is 25.2 Å². The first kappa shape index (κ1) is 11.5. The van der Waals surface area contributed by atoms with Crippen LogP contribution in [0, 0.1) is 0 Å². The van der Waals surface area contributed by atoms with Crippen molar-refractivity contribution in [1.29, 1.82) is 0 Å². The third-order valence-electron chi connectivity index (χ3n) is 1.82. The fourth-order valence-electron chi connectivity index (χ4n) is 1.03. The van der Waals surface area contributed by atoms with Crippen LogP contribution in [0.2, 0.25) is 0 Å². The number of hydrogen-bond donors (Lipinski definition) is 1. The van der Waals surface area contributed by atoms with E-state index in [9.17, 15) is 0 Å². The molecule has 0 atom stereocenters. The maximum Gasteiger partial charge on any atom is 0.273 e. The zero-order valence-electron chi connectivity index (χ0n) is 8.88. The normalized spacial score (nSPS) is 10.4. The summed E-state index contributed by atoms with van der Waals surface area (Å²) < 4.78 is 5.48. The number of nitrogens with zero attached hydrogens (tertiary/aromatic N) is 1. The van der Waals surface area contributed by atoms with Gasteiger partial charge in [-0.05, 0) is 19.4 Å². The van der Waals surface area contributed by atoms with E-state index in [0.29, 0.717) is 6.61 Å². The van der Waals surface area contributed by atoms with Crippen LogP contribution < -0.4 is 10.1 Å². The minimum Gasteiger partial charge on any atom is -0.469 e. The van der Waals surface area contributed by atoms with Crippen molar-refractivity contribution in [2.75, 3.05) is 19.7 Å². The Morgan fingerprint density at radius 3 is 2.93 bits per heavy atom. The molecular weight excluding hydrogens is 196 g/mol. The van der Waals surface area contributed by atoms with Gasteiger partial charge in [0.25, 0.3) is 5.19 Å². The molecule has 3 nitrogen and oxygen atoms in total. The Balaban J connectivity index is 2.12. The van der Waals surface area contributed by atoms with Gasteiger partial charge in [0.15, 0.2) is 0 Å². The minimum absolute atomic E-state index is 0.705. The maximum absolute atomic E-state index is 5.48. The van der Waals surface area contributed by atoms with E-state index in [2.05, 4.69) is 29.5 Å². The molecule has 0 spiro atoms. The first-order valence-electron chi connectivity index (χ1n) is 5.14. The van der Waals surface area contributed by atoms with Crippen LogP contribution in [0.15, 0.2) is 5.38 Å². The second-order valence-corrected chi connectivity index (χ2v) is 3.88. The van der Waals surface area contributed by atoms with Gasteiger partial charge in [-0.15, -0.1) is 0 Å². The summed E-state index contributed by atoms with van der Waals surface area (Å²) in [6.45, 7) is 6.91. The van der Waals surface area contributed by atoms with E-state index in [1.807, 2.05) is 0 Å². The molecule has 0 saturated carbocycles. The number of aromatic nitrogens is 1. The highest BCUT2D eigenvalue weighted by atomic mass is 32.1. The maximum atomic E-state index is 5.48. The van der Waals surface area contributed by atoms with Gasteiger partial charge >= 0.3 is 0 Å². The van der Waals surface area contributed by atoms with Gasteiger partial charge < -0.3 is 10.1 Å². The van der Waals surface area contributed by atoms with E-state index in [-0.39, 0.29) is 0 Å². The molecule has 1 rings (SSSR count). The lowest BCUT2D eigenvalue weighted by Crippen LogP contribution is -2.21. The molecule has 0 radical (unpaired) electrons. The van der Waals surface area contributed by atoms with Crippen LogP contribution in [-0.2, 0) is 6.42 Å². The van der Waals surface area contributed by atoms with Gasteiger partial charge in [0.05, 0.1) is 5.69 Å². The molecule has 0 unspecified atom stereocenters. The molecule has 0 aliphatic heterocycles. The van der Waals surface area contributed by atoms with Gasteiger partial charge in [0, 0.05) is 11.9 Å². The van der Waals surface area contributed by atoms with Crippen molar-refractivity contribution in [3.05, 3.63) is 11.1 Å². The number of ether oxygens (including phenoxy) is 1. The molecule has 0 saturated heterocycles. The average Bonchev–Trinajstić information content (AvgIpc) is 2.65. The topological polar surface area (TPSA) is 34.1 Å². The van der Waals surface area contributed by atoms with Gasteiger partial charge in [0.2, 0.25) is 0 Å². The van der Waals surface area contributed by atoms with E-state index < -0.39 is 0 Å². The highest BCUT2D eigenvalue weighted by molar-refractivity contribution is 7.11. The summed E-state index contributed by atoms with van der Waals surface area (Å²) >= 11 is 1.58. The molecule has 4 heteroatoms. The van der Waals surface area contributed by atoms with Crippen molar-refractivity contribution in [2.24, 2.45) is 0 Å². The lowest BCUT2D eigenvalue weighted by atomic mass is 10.4. The second kappa shape index (κ2) is 6.79. The summed E-state index contributed by atoms with van der Waals surface area (Å²) in [6, 6.07) is 0.